The summed E-state index contributed by atoms with van der Waals surface area (Å²) in [7, 11) is 0.518. The number of carbonyl (C=O) groups is 1. The highest BCUT2D eigenvalue weighted by atomic mass is 35.5. The maximum atomic E-state index is 12.7. The van der Waals surface area contributed by atoms with E-state index in [1.54, 1.807) is 24.3 Å². The number of ether oxygens (including phenoxy) is 3. The zero-order valence-corrected chi connectivity index (χ0v) is 19.1. The fourth-order valence-corrected chi connectivity index (χ4v) is 5.27. The summed E-state index contributed by atoms with van der Waals surface area (Å²) in [5, 5.41) is 10.4. The van der Waals surface area contributed by atoms with E-state index in [-0.39, 0.29) is 20.8 Å². The Kier molecular flexibility index (Phi) is 6.98. The topological polar surface area (TPSA) is 117 Å². The smallest absolute Gasteiger partial charge is 0.257 e. The third-order valence-electron chi connectivity index (χ3n) is 4.12. The number of carbonyl (C=O) groups excluding carboxylic acids is 1. The number of aromatic nitrogens is 2. The molecule has 0 spiro atoms. The van der Waals surface area contributed by atoms with Crippen LogP contribution >= 0.6 is 22.9 Å². The molecule has 0 fully saturated rings. The molecule has 1 N–H and O–H groups in total. The van der Waals surface area contributed by atoms with E-state index >= 15 is 0 Å². The van der Waals surface area contributed by atoms with Crippen molar-refractivity contribution in [3.63, 3.8) is 0 Å². The second-order valence-electron chi connectivity index (χ2n) is 6.09. The first-order chi connectivity index (χ1) is 14.8. The predicted octanol–water partition coefficient (Wildman–Crippen LogP) is 3.44. The van der Waals surface area contributed by atoms with Crippen LogP contribution in [0, 0.1) is 0 Å². The molecule has 0 unspecified atom stereocenters. The van der Waals surface area contributed by atoms with E-state index in [0.717, 1.165) is 11.3 Å². The maximum Gasteiger partial charge on any atom is 0.257 e. The first-order valence-electron chi connectivity index (χ1n) is 8.70. The van der Waals surface area contributed by atoms with Crippen LogP contribution in [0.2, 0.25) is 5.02 Å². The van der Waals surface area contributed by atoms with E-state index in [4.69, 9.17) is 25.8 Å². The SMILES string of the molecule is COc1cc(C(=O)Nc2nnc(S(=O)(=O)Cc3ccccc3Cl)s2)cc(OC)c1OC. The Balaban J connectivity index is 1.81. The van der Waals surface area contributed by atoms with Crippen molar-refractivity contribution in [1.82, 2.24) is 10.2 Å². The summed E-state index contributed by atoms with van der Waals surface area (Å²) in [5.41, 5.74) is 0.646. The summed E-state index contributed by atoms with van der Waals surface area (Å²) < 4.78 is 40.8. The average molecular weight is 484 g/mol. The summed E-state index contributed by atoms with van der Waals surface area (Å²) in [6.07, 6.45) is 0. The highest BCUT2D eigenvalue weighted by Gasteiger charge is 2.23. The highest BCUT2D eigenvalue weighted by molar-refractivity contribution is 7.92. The number of halogens is 1. The number of nitrogens with one attached hydrogen (secondary N) is 1. The van der Waals surface area contributed by atoms with Crippen LogP contribution < -0.4 is 19.5 Å². The van der Waals surface area contributed by atoms with Crippen molar-refractivity contribution in [1.29, 1.82) is 0 Å². The highest BCUT2D eigenvalue weighted by Crippen LogP contribution is 2.38. The Bertz CT molecular complexity index is 1190. The van der Waals surface area contributed by atoms with Gasteiger partial charge in [0.15, 0.2) is 11.5 Å². The number of hydrogen-bond acceptors (Lipinski definition) is 9. The van der Waals surface area contributed by atoms with Gasteiger partial charge in [0, 0.05) is 10.6 Å². The summed E-state index contributed by atoms with van der Waals surface area (Å²) in [6.45, 7) is 0. The van der Waals surface area contributed by atoms with Crippen molar-refractivity contribution < 1.29 is 27.4 Å². The van der Waals surface area contributed by atoms with Gasteiger partial charge in [-0.15, -0.1) is 10.2 Å². The number of benzene rings is 2. The Hall–Kier alpha value is -2.89. The van der Waals surface area contributed by atoms with Crippen molar-refractivity contribution in [2.45, 2.75) is 10.1 Å². The Morgan fingerprint density at radius 3 is 2.29 bits per heavy atom. The monoisotopic (exact) mass is 483 g/mol. The van der Waals surface area contributed by atoms with Gasteiger partial charge in [0.25, 0.3) is 5.91 Å². The van der Waals surface area contributed by atoms with Crippen molar-refractivity contribution in [2.24, 2.45) is 0 Å². The minimum Gasteiger partial charge on any atom is -0.493 e. The van der Waals surface area contributed by atoms with Crippen molar-refractivity contribution in [3.05, 3.63) is 52.5 Å². The molecule has 0 radical (unpaired) electrons. The van der Waals surface area contributed by atoms with Crippen LogP contribution in [0.25, 0.3) is 0 Å². The zero-order chi connectivity index (χ0) is 22.6. The van der Waals surface area contributed by atoms with E-state index in [1.807, 2.05) is 0 Å². The molecule has 0 bridgehead atoms. The van der Waals surface area contributed by atoms with Crippen LogP contribution in [-0.4, -0.2) is 45.9 Å². The lowest BCUT2D eigenvalue weighted by molar-refractivity contribution is 0.102. The van der Waals surface area contributed by atoms with E-state index < -0.39 is 15.7 Å². The molecular weight excluding hydrogens is 466 g/mol. The van der Waals surface area contributed by atoms with Crippen LogP contribution in [0.3, 0.4) is 0 Å². The zero-order valence-electron chi connectivity index (χ0n) is 16.7. The first kappa shape index (κ1) is 22.8. The number of hydrogen-bond donors (Lipinski definition) is 1. The van der Waals surface area contributed by atoms with E-state index in [2.05, 4.69) is 15.5 Å². The third kappa shape index (κ3) is 5.06. The summed E-state index contributed by atoms with van der Waals surface area (Å²) in [6, 6.07) is 9.56. The normalized spacial score (nSPS) is 11.1. The largest absolute Gasteiger partial charge is 0.493 e. The van der Waals surface area contributed by atoms with Crippen LogP contribution in [0.1, 0.15) is 15.9 Å². The van der Waals surface area contributed by atoms with Gasteiger partial charge in [0.2, 0.25) is 25.1 Å². The molecule has 31 heavy (non-hydrogen) atoms. The molecule has 164 valence electrons. The van der Waals surface area contributed by atoms with Crippen molar-refractivity contribution >= 4 is 43.8 Å². The lowest BCUT2D eigenvalue weighted by Crippen LogP contribution is -2.12. The van der Waals surface area contributed by atoms with Gasteiger partial charge >= 0.3 is 0 Å². The number of methoxy groups -OCH3 is 3. The van der Waals surface area contributed by atoms with Crippen LogP contribution in [0.4, 0.5) is 5.13 Å². The Morgan fingerprint density at radius 2 is 1.71 bits per heavy atom. The number of nitrogens with zero attached hydrogens (tertiary/aromatic N) is 2. The van der Waals surface area contributed by atoms with Gasteiger partial charge in [-0.1, -0.05) is 41.1 Å². The van der Waals surface area contributed by atoms with Crippen LogP contribution in [0.15, 0.2) is 40.7 Å². The summed E-state index contributed by atoms with van der Waals surface area (Å²) in [5.74, 6) is 0.0534. The molecule has 0 aliphatic heterocycles. The molecule has 3 aromatic rings. The lowest BCUT2D eigenvalue weighted by atomic mass is 10.1. The minimum atomic E-state index is -3.79. The second-order valence-corrected chi connectivity index (χ2v) is 9.64. The molecular formula is C19H18ClN3O6S2. The number of amides is 1. The fraction of sp³-hybridized carbons (Fsp3) is 0.211. The lowest BCUT2D eigenvalue weighted by Gasteiger charge is -2.13. The van der Waals surface area contributed by atoms with Gasteiger partial charge in [0.05, 0.1) is 27.1 Å². The molecule has 0 atom stereocenters. The molecule has 1 heterocycles. The minimum absolute atomic E-state index is 0.0245. The molecule has 9 nitrogen and oxygen atoms in total. The molecule has 0 aliphatic rings. The summed E-state index contributed by atoms with van der Waals surface area (Å²) >= 11 is 6.79. The number of sulfone groups is 1. The molecule has 3 rings (SSSR count). The number of anilines is 1. The molecule has 0 aliphatic carbocycles. The van der Waals surface area contributed by atoms with Gasteiger partial charge in [-0.2, -0.15) is 0 Å². The predicted molar refractivity (Wildman–Crippen MR) is 116 cm³/mol. The fourth-order valence-electron chi connectivity index (χ4n) is 2.65. The number of rotatable bonds is 8. The van der Waals surface area contributed by atoms with E-state index in [1.165, 1.54) is 33.5 Å². The summed E-state index contributed by atoms with van der Waals surface area (Å²) in [4.78, 5) is 12.7. The van der Waals surface area contributed by atoms with Crippen molar-refractivity contribution in [2.75, 3.05) is 26.6 Å². The second kappa shape index (κ2) is 9.50. The average Bonchev–Trinajstić information content (AvgIpc) is 3.23. The standard InChI is InChI=1S/C19H18ClN3O6S2/c1-27-14-8-12(9-15(28-2)16(14)29-3)17(24)21-18-22-23-19(30-18)31(25,26)10-11-6-4-5-7-13(11)20/h4-9H,10H2,1-3H3,(H,21,22,24). The van der Waals surface area contributed by atoms with E-state index in [0.29, 0.717) is 27.8 Å². The Morgan fingerprint density at radius 1 is 1.06 bits per heavy atom. The van der Waals surface area contributed by atoms with Crippen molar-refractivity contribution in [3.8, 4) is 17.2 Å². The van der Waals surface area contributed by atoms with Gasteiger partial charge in [-0.05, 0) is 23.8 Å². The van der Waals surface area contributed by atoms with E-state index in [9.17, 15) is 13.2 Å². The third-order valence-corrected chi connectivity index (χ3v) is 7.44. The molecule has 1 aromatic heterocycles. The van der Waals surface area contributed by atoms with Crippen LogP contribution in [-0.2, 0) is 15.6 Å². The van der Waals surface area contributed by atoms with Gasteiger partial charge < -0.3 is 14.2 Å². The molecule has 0 saturated carbocycles. The quantitative estimate of drug-likeness (QED) is 0.484. The van der Waals surface area contributed by atoms with Gasteiger partial charge in [0.1, 0.15) is 0 Å². The van der Waals surface area contributed by atoms with Crippen LogP contribution in [0.5, 0.6) is 17.2 Å². The molecule has 12 heteroatoms. The Labute approximate surface area is 187 Å². The molecule has 1 amide bonds. The maximum absolute atomic E-state index is 12.7. The first-order valence-corrected chi connectivity index (χ1v) is 11.5. The van der Waals surface area contributed by atoms with Gasteiger partial charge in [-0.3, -0.25) is 10.1 Å². The molecule has 0 saturated heterocycles. The molecule has 2 aromatic carbocycles. The van der Waals surface area contributed by atoms with Gasteiger partial charge in [-0.25, -0.2) is 8.42 Å².